The average molecular weight is 280 g/mol. The maximum absolute atomic E-state index is 4.59. The van der Waals surface area contributed by atoms with Crippen molar-refractivity contribution in [2.45, 2.75) is 57.1 Å². The minimum atomic E-state index is 0.374. The fourth-order valence-corrected chi connectivity index (χ4v) is 3.64. The number of aromatic nitrogens is 3. The van der Waals surface area contributed by atoms with Crippen LogP contribution in [0.1, 0.15) is 50.9 Å². The molecule has 4 nitrogen and oxygen atoms in total. The Balaban J connectivity index is 2.03. The predicted molar refractivity (Wildman–Crippen MR) is 81.8 cm³/mol. The highest BCUT2D eigenvalue weighted by molar-refractivity contribution is 8.00. The smallest absolute Gasteiger partial charge is 0.243 e. The van der Waals surface area contributed by atoms with Crippen molar-refractivity contribution >= 4 is 17.7 Å². The van der Waals surface area contributed by atoms with Crippen molar-refractivity contribution in [3.63, 3.8) is 0 Å². The average Bonchev–Trinajstić information content (AvgIpc) is 2.94. The van der Waals surface area contributed by atoms with Crippen molar-refractivity contribution in [3.8, 4) is 0 Å². The molecule has 0 amide bonds. The standard InChI is InChI=1S/C14H24N4S/c1-4-11-12(5-2)17-18-13(16-11)15-10-14(19-3)8-6-7-9-14/h4-10H2,1-3H3,(H,15,16,18). The summed E-state index contributed by atoms with van der Waals surface area (Å²) in [5.74, 6) is 0.689. The molecule has 1 aliphatic rings. The fraction of sp³-hybridized carbons (Fsp3) is 0.786. The molecule has 106 valence electrons. The van der Waals surface area contributed by atoms with Crippen LogP contribution in [0.5, 0.6) is 0 Å². The Kier molecular flexibility index (Phi) is 5.02. The van der Waals surface area contributed by atoms with Crippen molar-refractivity contribution in [1.82, 2.24) is 15.2 Å². The van der Waals surface area contributed by atoms with Crippen molar-refractivity contribution < 1.29 is 0 Å². The summed E-state index contributed by atoms with van der Waals surface area (Å²) >= 11 is 1.98. The van der Waals surface area contributed by atoms with Crippen LogP contribution < -0.4 is 5.32 Å². The van der Waals surface area contributed by atoms with E-state index in [1.54, 1.807) is 0 Å². The lowest BCUT2D eigenvalue weighted by molar-refractivity contribution is 0.634. The Morgan fingerprint density at radius 1 is 1.11 bits per heavy atom. The molecule has 1 aliphatic carbocycles. The molecular formula is C14H24N4S. The summed E-state index contributed by atoms with van der Waals surface area (Å²) in [6.45, 7) is 5.16. The molecule has 0 saturated heterocycles. The van der Waals surface area contributed by atoms with Gasteiger partial charge in [0.25, 0.3) is 0 Å². The van der Waals surface area contributed by atoms with E-state index in [2.05, 4.69) is 40.6 Å². The van der Waals surface area contributed by atoms with Crippen molar-refractivity contribution in [1.29, 1.82) is 0 Å². The summed E-state index contributed by atoms with van der Waals surface area (Å²) in [4.78, 5) is 4.59. The molecule has 2 rings (SSSR count). The molecule has 1 heterocycles. The van der Waals surface area contributed by atoms with E-state index < -0.39 is 0 Å². The molecule has 0 bridgehead atoms. The highest BCUT2D eigenvalue weighted by Gasteiger charge is 2.32. The highest BCUT2D eigenvalue weighted by Crippen LogP contribution is 2.40. The van der Waals surface area contributed by atoms with Gasteiger partial charge in [0, 0.05) is 11.3 Å². The zero-order valence-corrected chi connectivity index (χ0v) is 13.0. The van der Waals surface area contributed by atoms with Crippen LogP contribution in [0.15, 0.2) is 0 Å². The summed E-state index contributed by atoms with van der Waals surface area (Å²) in [7, 11) is 0. The number of anilines is 1. The molecule has 0 spiro atoms. The maximum Gasteiger partial charge on any atom is 0.243 e. The Bertz CT molecular complexity index is 416. The lowest BCUT2D eigenvalue weighted by atomic mass is 10.1. The van der Waals surface area contributed by atoms with Gasteiger partial charge in [-0.1, -0.05) is 26.7 Å². The largest absolute Gasteiger partial charge is 0.352 e. The molecule has 0 aliphatic heterocycles. The molecule has 5 heteroatoms. The van der Waals surface area contributed by atoms with Crippen LogP contribution >= 0.6 is 11.8 Å². The third-order valence-corrected chi connectivity index (χ3v) is 5.44. The van der Waals surface area contributed by atoms with Crippen molar-refractivity contribution in [3.05, 3.63) is 11.4 Å². The van der Waals surface area contributed by atoms with E-state index in [4.69, 9.17) is 0 Å². The Labute approximate surface area is 120 Å². The van der Waals surface area contributed by atoms with Gasteiger partial charge >= 0.3 is 0 Å². The molecule has 1 fully saturated rings. The number of nitrogens with one attached hydrogen (secondary N) is 1. The molecule has 1 N–H and O–H groups in total. The van der Waals surface area contributed by atoms with Gasteiger partial charge in [0.2, 0.25) is 5.95 Å². The highest BCUT2D eigenvalue weighted by atomic mass is 32.2. The number of aryl methyl sites for hydroxylation is 2. The zero-order chi connectivity index (χ0) is 13.7. The van der Waals surface area contributed by atoms with E-state index in [9.17, 15) is 0 Å². The lowest BCUT2D eigenvalue weighted by Crippen LogP contribution is -2.30. The third kappa shape index (κ3) is 3.38. The first-order valence-corrected chi connectivity index (χ1v) is 8.47. The van der Waals surface area contributed by atoms with Gasteiger partial charge in [-0.15, -0.1) is 5.10 Å². The molecule has 0 atom stereocenters. The minimum absolute atomic E-state index is 0.374. The van der Waals surface area contributed by atoms with E-state index >= 15 is 0 Å². The fourth-order valence-electron chi connectivity index (χ4n) is 2.73. The van der Waals surface area contributed by atoms with E-state index in [0.717, 1.165) is 30.8 Å². The topological polar surface area (TPSA) is 50.7 Å². The van der Waals surface area contributed by atoms with Gasteiger partial charge in [-0.05, 0) is 31.9 Å². The van der Waals surface area contributed by atoms with E-state index in [0.29, 0.717) is 10.7 Å². The second-order valence-corrected chi connectivity index (χ2v) is 6.46. The Hall–Kier alpha value is -0.840. The lowest BCUT2D eigenvalue weighted by Gasteiger charge is -2.26. The first kappa shape index (κ1) is 14.6. The SMILES string of the molecule is CCc1nnc(NCC2(SC)CCCC2)nc1CC. The first-order chi connectivity index (χ1) is 9.23. The van der Waals surface area contributed by atoms with Crippen LogP contribution in [0, 0.1) is 0 Å². The van der Waals surface area contributed by atoms with Gasteiger partial charge in [0.05, 0.1) is 11.4 Å². The maximum atomic E-state index is 4.59. The van der Waals surface area contributed by atoms with E-state index in [1.807, 2.05) is 11.8 Å². The van der Waals surface area contributed by atoms with E-state index in [1.165, 1.54) is 25.7 Å². The van der Waals surface area contributed by atoms with Gasteiger partial charge in [-0.25, -0.2) is 4.98 Å². The van der Waals surface area contributed by atoms with Gasteiger partial charge in [0.1, 0.15) is 0 Å². The van der Waals surface area contributed by atoms with Crippen LogP contribution in [0.4, 0.5) is 5.95 Å². The normalized spacial score (nSPS) is 17.6. The monoisotopic (exact) mass is 280 g/mol. The quantitative estimate of drug-likeness (QED) is 0.868. The van der Waals surface area contributed by atoms with Gasteiger partial charge < -0.3 is 5.32 Å². The van der Waals surface area contributed by atoms with Crippen LogP contribution in [-0.4, -0.2) is 32.7 Å². The Morgan fingerprint density at radius 2 is 1.79 bits per heavy atom. The number of nitrogens with zero attached hydrogens (tertiary/aromatic N) is 3. The number of hydrogen-bond donors (Lipinski definition) is 1. The summed E-state index contributed by atoms with van der Waals surface area (Å²) in [5, 5.41) is 11.9. The van der Waals surface area contributed by atoms with Crippen LogP contribution in [0.2, 0.25) is 0 Å². The summed E-state index contributed by atoms with van der Waals surface area (Å²) < 4.78 is 0.374. The molecular weight excluding hydrogens is 256 g/mol. The Morgan fingerprint density at radius 3 is 2.37 bits per heavy atom. The van der Waals surface area contributed by atoms with Crippen molar-refractivity contribution in [2.24, 2.45) is 0 Å². The summed E-state index contributed by atoms with van der Waals surface area (Å²) in [5.41, 5.74) is 2.10. The number of rotatable bonds is 6. The van der Waals surface area contributed by atoms with Gasteiger partial charge in [-0.2, -0.15) is 16.9 Å². The molecule has 19 heavy (non-hydrogen) atoms. The van der Waals surface area contributed by atoms with Crippen LogP contribution in [0.25, 0.3) is 0 Å². The molecule has 1 aromatic heterocycles. The van der Waals surface area contributed by atoms with Crippen LogP contribution in [-0.2, 0) is 12.8 Å². The molecule has 0 aromatic carbocycles. The molecule has 0 radical (unpaired) electrons. The summed E-state index contributed by atoms with van der Waals surface area (Å²) in [6.07, 6.45) is 9.31. The second kappa shape index (κ2) is 6.55. The third-order valence-electron chi connectivity index (χ3n) is 4.03. The van der Waals surface area contributed by atoms with Crippen LogP contribution in [0.3, 0.4) is 0 Å². The number of hydrogen-bond acceptors (Lipinski definition) is 5. The molecule has 1 saturated carbocycles. The zero-order valence-electron chi connectivity index (χ0n) is 12.2. The second-order valence-electron chi connectivity index (χ2n) is 5.18. The van der Waals surface area contributed by atoms with Gasteiger partial charge in [0.15, 0.2) is 0 Å². The number of thioether (sulfide) groups is 1. The minimum Gasteiger partial charge on any atom is -0.352 e. The van der Waals surface area contributed by atoms with Gasteiger partial charge in [-0.3, -0.25) is 0 Å². The van der Waals surface area contributed by atoms with Crippen molar-refractivity contribution in [2.75, 3.05) is 18.1 Å². The first-order valence-electron chi connectivity index (χ1n) is 7.24. The molecule has 0 unspecified atom stereocenters. The van der Waals surface area contributed by atoms with E-state index in [-0.39, 0.29) is 0 Å². The predicted octanol–water partition coefficient (Wildman–Crippen LogP) is 3.08. The molecule has 1 aromatic rings. The summed E-state index contributed by atoms with van der Waals surface area (Å²) in [6, 6.07) is 0.